The normalized spacial score (nSPS) is 23.7. The summed E-state index contributed by atoms with van der Waals surface area (Å²) >= 11 is 0. The van der Waals surface area contributed by atoms with Crippen molar-refractivity contribution in [1.82, 2.24) is 4.90 Å². The molecule has 0 aromatic carbocycles. The number of nitrogens with zero attached hydrogens (tertiary/aromatic N) is 1. The fourth-order valence-electron chi connectivity index (χ4n) is 1.47. The second-order valence-corrected chi connectivity index (χ2v) is 4.95. The number of hydrogen-bond acceptors (Lipinski definition) is 3. The van der Waals surface area contributed by atoms with Gasteiger partial charge in [-0.1, -0.05) is 11.6 Å². The molecule has 0 aromatic rings. The fraction of sp³-hybridized carbons (Fsp3) is 0.750. The standard InChI is InChI=1S/C8H15NO3S/c1-9-5-2-3-8(7-9)4-6-13(10,11)12/h4H,2-3,5-7H2,1H3,(H,10,11,12)/b8-4+. The van der Waals surface area contributed by atoms with Crippen molar-refractivity contribution >= 4 is 10.1 Å². The van der Waals surface area contributed by atoms with E-state index in [-0.39, 0.29) is 5.75 Å². The van der Waals surface area contributed by atoms with Gasteiger partial charge >= 0.3 is 0 Å². The maximum Gasteiger partial charge on any atom is 0.268 e. The highest BCUT2D eigenvalue weighted by molar-refractivity contribution is 7.85. The van der Waals surface area contributed by atoms with E-state index in [4.69, 9.17) is 4.55 Å². The van der Waals surface area contributed by atoms with Gasteiger partial charge in [0.15, 0.2) is 0 Å². The summed E-state index contributed by atoms with van der Waals surface area (Å²) in [6, 6.07) is 0. The molecule has 1 fully saturated rings. The average molecular weight is 205 g/mol. The lowest BCUT2D eigenvalue weighted by Crippen LogP contribution is -2.27. The Morgan fingerprint density at radius 1 is 1.62 bits per heavy atom. The van der Waals surface area contributed by atoms with Gasteiger partial charge in [0.1, 0.15) is 0 Å². The Kier molecular flexibility index (Phi) is 3.47. The fourth-order valence-corrected chi connectivity index (χ4v) is 1.92. The first-order valence-corrected chi connectivity index (χ1v) is 5.90. The number of hydrogen-bond donors (Lipinski definition) is 1. The van der Waals surface area contributed by atoms with Crippen LogP contribution < -0.4 is 0 Å². The van der Waals surface area contributed by atoms with E-state index in [9.17, 15) is 8.42 Å². The molecule has 0 saturated carbocycles. The third-order valence-electron chi connectivity index (χ3n) is 2.09. The minimum atomic E-state index is -3.84. The minimum absolute atomic E-state index is 0.254. The van der Waals surface area contributed by atoms with Gasteiger partial charge in [0.2, 0.25) is 0 Å². The molecule has 4 nitrogen and oxygen atoms in total. The van der Waals surface area contributed by atoms with E-state index < -0.39 is 10.1 Å². The molecule has 0 aliphatic carbocycles. The van der Waals surface area contributed by atoms with Crippen LogP contribution in [-0.4, -0.2) is 43.8 Å². The zero-order valence-corrected chi connectivity index (χ0v) is 8.55. The first-order valence-electron chi connectivity index (χ1n) is 4.29. The van der Waals surface area contributed by atoms with E-state index in [0.29, 0.717) is 0 Å². The van der Waals surface area contributed by atoms with Crippen LogP contribution in [0, 0.1) is 0 Å². The van der Waals surface area contributed by atoms with Crippen LogP contribution in [0.25, 0.3) is 0 Å². The Hall–Kier alpha value is -0.390. The molecule has 1 aliphatic rings. The van der Waals surface area contributed by atoms with Gasteiger partial charge in [-0.25, -0.2) is 0 Å². The van der Waals surface area contributed by atoms with Crippen LogP contribution in [0.4, 0.5) is 0 Å². The van der Waals surface area contributed by atoms with Crippen molar-refractivity contribution in [3.05, 3.63) is 11.6 Å². The van der Waals surface area contributed by atoms with Gasteiger partial charge in [-0.2, -0.15) is 8.42 Å². The Morgan fingerprint density at radius 2 is 2.31 bits per heavy atom. The van der Waals surface area contributed by atoms with Crippen molar-refractivity contribution in [3.63, 3.8) is 0 Å². The van der Waals surface area contributed by atoms with E-state index in [1.165, 1.54) is 0 Å². The number of likely N-dealkylation sites (N-methyl/N-ethyl adjacent to an activating group) is 1. The van der Waals surface area contributed by atoms with Gasteiger partial charge in [-0.05, 0) is 26.4 Å². The Bertz CT molecular complexity index is 295. The summed E-state index contributed by atoms with van der Waals surface area (Å²) in [6.45, 7) is 1.87. The molecule has 1 N–H and O–H groups in total. The number of piperidine rings is 1. The van der Waals surface area contributed by atoms with Crippen molar-refractivity contribution in [2.24, 2.45) is 0 Å². The van der Waals surface area contributed by atoms with Gasteiger partial charge < -0.3 is 4.90 Å². The maximum absolute atomic E-state index is 10.5. The van der Waals surface area contributed by atoms with Crippen LogP contribution in [0.1, 0.15) is 12.8 Å². The lowest BCUT2D eigenvalue weighted by Gasteiger charge is -2.24. The molecule has 76 valence electrons. The van der Waals surface area contributed by atoms with Crippen LogP contribution in [0.5, 0.6) is 0 Å². The summed E-state index contributed by atoms with van der Waals surface area (Å²) in [6.07, 6.45) is 3.62. The molecule has 0 spiro atoms. The summed E-state index contributed by atoms with van der Waals surface area (Å²) < 4.78 is 29.4. The maximum atomic E-state index is 10.5. The van der Waals surface area contributed by atoms with Gasteiger partial charge in [0.25, 0.3) is 10.1 Å². The van der Waals surface area contributed by atoms with Crippen molar-refractivity contribution in [3.8, 4) is 0 Å². The molecular formula is C8H15NO3S. The highest BCUT2D eigenvalue weighted by Crippen LogP contribution is 2.13. The van der Waals surface area contributed by atoms with Crippen LogP contribution in [0.15, 0.2) is 11.6 Å². The van der Waals surface area contributed by atoms with Gasteiger partial charge in [-0.15, -0.1) is 0 Å². The summed E-state index contributed by atoms with van der Waals surface area (Å²) in [5.74, 6) is -0.254. The summed E-state index contributed by atoms with van der Waals surface area (Å²) in [7, 11) is -1.84. The second-order valence-electron chi connectivity index (χ2n) is 3.45. The molecule has 13 heavy (non-hydrogen) atoms. The van der Waals surface area contributed by atoms with Crippen LogP contribution in [0.2, 0.25) is 0 Å². The van der Waals surface area contributed by atoms with E-state index in [2.05, 4.69) is 4.90 Å². The van der Waals surface area contributed by atoms with Crippen LogP contribution >= 0.6 is 0 Å². The first kappa shape index (κ1) is 10.7. The lowest BCUT2D eigenvalue weighted by atomic mass is 10.1. The largest absolute Gasteiger partial charge is 0.302 e. The minimum Gasteiger partial charge on any atom is -0.302 e. The quantitative estimate of drug-likeness (QED) is 0.527. The molecule has 0 radical (unpaired) electrons. The van der Waals surface area contributed by atoms with Crippen molar-refractivity contribution in [2.45, 2.75) is 12.8 Å². The van der Waals surface area contributed by atoms with E-state index >= 15 is 0 Å². The zero-order valence-electron chi connectivity index (χ0n) is 7.73. The molecular weight excluding hydrogens is 190 g/mol. The SMILES string of the molecule is CN1CCC/C(=C\CS(=O)(=O)O)C1. The third kappa shape index (κ3) is 4.40. The molecule has 1 heterocycles. The van der Waals surface area contributed by atoms with Gasteiger partial charge in [0.05, 0.1) is 5.75 Å². The highest BCUT2D eigenvalue weighted by Gasteiger charge is 2.10. The number of likely N-dealkylation sites (tertiary alicyclic amines) is 1. The number of rotatable bonds is 2. The predicted molar refractivity (Wildman–Crippen MR) is 51.2 cm³/mol. The molecule has 0 unspecified atom stereocenters. The van der Waals surface area contributed by atoms with E-state index in [0.717, 1.165) is 31.5 Å². The van der Waals surface area contributed by atoms with Crippen LogP contribution in [0.3, 0.4) is 0 Å². The van der Waals surface area contributed by atoms with Crippen molar-refractivity contribution in [2.75, 3.05) is 25.9 Å². The monoisotopic (exact) mass is 205 g/mol. The van der Waals surface area contributed by atoms with E-state index in [1.54, 1.807) is 6.08 Å². The Labute approximate surface area is 79.0 Å². The smallest absolute Gasteiger partial charge is 0.268 e. The zero-order chi connectivity index (χ0) is 9.90. The molecule has 1 saturated heterocycles. The Balaban J connectivity index is 2.51. The molecule has 0 amide bonds. The molecule has 5 heteroatoms. The topological polar surface area (TPSA) is 57.6 Å². The van der Waals surface area contributed by atoms with Gasteiger partial charge in [-0.3, -0.25) is 4.55 Å². The van der Waals surface area contributed by atoms with Crippen molar-refractivity contribution in [1.29, 1.82) is 0 Å². The second kappa shape index (κ2) is 4.21. The summed E-state index contributed by atoms with van der Waals surface area (Å²) in [4.78, 5) is 2.14. The molecule has 1 aliphatic heterocycles. The van der Waals surface area contributed by atoms with Crippen molar-refractivity contribution < 1.29 is 13.0 Å². The van der Waals surface area contributed by atoms with Gasteiger partial charge in [0, 0.05) is 6.54 Å². The molecule has 0 atom stereocenters. The molecule has 0 bridgehead atoms. The highest BCUT2D eigenvalue weighted by atomic mass is 32.2. The lowest BCUT2D eigenvalue weighted by molar-refractivity contribution is 0.322. The third-order valence-corrected chi connectivity index (χ3v) is 2.68. The Morgan fingerprint density at radius 3 is 2.85 bits per heavy atom. The molecule has 1 rings (SSSR count). The summed E-state index contributed by atoms with van der Waals surface area (Å²) in [5, 5.41) is 0. The molecule has 0 aromatic heterocycles. The van der Waals surface area contributed by atoms with E-state index in [1.807, 2.05) is 7.05 Å². The first-order chi connectivity index (χ1) is 5.97. The summed E-state index contributed by atoms with van der Waals surface area (Å²) in [5.41, 5.74) is 1.10. The average Bonchev–Trinajstić information content (AvgIpc) is 2.00. The van der Waals surface area contributed by atoms with Crippen LogP contribution in [-0.2, 0) is 10.1 Å². The predicted octanol–water partition coefficient (Wildman–Crippen LogP) is 0.526.